The number of nitrogens with zero attached hydrogens (tertiary/aromatic N) is 3. The second-order valence-electron chi connectivity index (χ2n) is 5.97. The standard InChI is InChI=1S/C17H13BrCl2N4O4S/c1-29(27,28)24(14-7-10(19)3-4-12(14)20)8-15(25)22-23-16-11-6-9(18)2-5-13(11)21-17(16)26/h2-7,21,26H,8H2,1H3. The molecule has 0 aliphatic rings. The highest BCUT2D eigenvalue weighted by atomic mass is 79.9. The van der Waals surface area contributed by atoms with Crippen LogP contribution < -0.4 is 4.31 Å². The van der Waals surface area contributed by atoms with Gasteiger partial charge in [0, 0.05) is 14.9 Å². The number of aromatic hydroxyl groups is 1. The molecule has 8 nitrogen and oxygen atoms in total. The summed E-state index contributed by atoms with van der Waals surface area (Å²) in [5.41, 5.74) is 0.695. The summed E-state index contributed by atoms with van der Waals surface area (Å²) in [6.45, 7) is -0.644. The predicted molar refractivity (Wildman–Crippen MR) is 116 cm³/mol. The van der Waals surface area contributed by atoms with E-state index in [9.17, 15) is 18.3 Å². The van der Waals surface area contributed by atoms with E-state index < -0.39 is 22.5 Å². The monoisotopic (exact) mass is 518 g/mol. The Labute approximate surface area is 184 Å². The number of halogens is 3. The van der Waals surface area contributed by atoms with Crippen molar-refractivity contribution in [3.8, 4) is 5.88 Å². The molecule has 152 valence electrons. The largest absolute Gasteiger partial charge is 0.493 e. The third-order valence-corrected chi connectivity index (χ3v) is 6.01. The average molecular weight is 520 g/mol. The lowest BCUT2D eigenvalue weighted by Gasteiger charge is -2.21. The molecule has 0 bridgehead atoms. The molecule has 29 heavy (non-hydrogen) atoms. The van der Waals surface area contributed by atoms with Gasteiger partial charge < -0.3 is 10.1 Å². The molecule has 0 aliphatic heterocycles. The number of carbonyl (C=O) groups excluding carboxylic acids is 1. The smallest absolute Gasteiger partial charge is 0.285 e. The quantitative estimate of drug-likeness (QED) is 0.460. The Bertz CT molecular complexity index is 1240. The summed E-state index contributed by atoms with van der Waals surface area (Å²) in [4.78, 5) is 15.0. The first kappa shape index (κ1) is 21.6. The number of azo groups is 1. The molecule has 0 spiro atoms. The first-order valence-corrected chi connectivity index (χ1v) is 11.3. The van der Waals surface area contributed by atoms with Gasteiger partial charge in [-0.3, -0.25) is 9.10 Å². The molecule has 3 rings (SSSR count). The number of benzene rings is 2. The number of amides is 1. The van der Waals surface area contributed by atoms with Crippen LogP contribution in [0.4, 0.5) is 11.4 Å². The van der Waals surface area contributed by atoms with E-state index in [-0.39, 0.29) is 27.3 Å². The molecular formula is C17H13BrCl2N4O4S. The Balaban J connectivity index is 1.91. The fourth-order valence-electron chi connectivity index (χ4n) is 2.56. The van der Waals surface area contributed by atoms with Crippen molar-refractivity contribution in [1.82, 2.24) is 4.98 Å². The molecule has 1 heterocycles. The zero-order chi connectivity index (χ0) is 21.3. The maximum atomic E-state index is 12.3. The molecular weight excluding hydrogens is 507 g/mol. The average Bonchev–Trinajstić information content (AvgIpc) is 2.93. The SMILES string of the molecule is CS(=O)(=O)N(CC(=O)N=Nc1c(O)[nH]c2ccc(Br)cc12)c1cc(Cl)ccc1Cl. The molecule has 0 aliphatic carbocycles. The summed E-state index contributed by atoms with van der Waals surface area (Å²) in [6.07, 6.45) is 0.928. The predicted octanol–water partition coefficient (Wildman–Crippen LogP) is 5.02. The van der Waals surface area contributed by atoms with Gasteiger partial charge in [-0.2, -0.15) is 0 Å². The van der Waals surface area contributed by atoms with E-state index in [0.717, 1.165) is 15.0 Å². The van der Waals surface area contributed by atoms with Crippen molar-refractivity contribution in [3.63, 3.8) is 0 Å². The molecule has 1 aromatic heterocycles. The van der Waals surface area contributed by atoms with Crippen LogP contribution in [0.25, 0.3) is 10.9 Å². The Morgan fingerprint density at radius 2 is 1.97 bits per heavy atom. The minimum absolute atomic E-state index is 0.0455. The molecule has 2 aromatic carbocycles. The van der Waals surface area contributed by atoms with Crippen LogP contribution in [-0.4, -0.2) is 37.2 Å². The summed E-state index contributed by atoms with van der Waals surface area (Å²) in [7, 11) is -3.87. The topological polar surface area (TPSA) is 115 Å². The third kappa shape index (κ3) is 4.89. The molecule has 1 amide bonds. The Morgan fingerprint density at radius 1 is 1.24 bits per heavy atom. The van der Waals surface area contributed by atoms with Crippen molar-refractivity contribution in [1.29, 1.82) is 0 Å². The van der Waals surface area contributed by atoms with E-state index in [1.54, 1.807) is 18.2 Å². The van der Waals surface area contributed by atoms with Gasteiger partial charge in [0.25, 0.3) is 5.91 Å². The van der Waals surface area contributed by atoms with E-state index in [2.05, 4.69) is 31.1 Å². The minimum Gasteiger partial charge on any atom is -0.493 e. The molecule has 0 unspecified atom stereocenters. The van der Waals surface area contributed by atoms with Crippen molar-refractivity contribution >= 4 is 77.3 Å². The lowest BCUT2D eigenvalue weighted by Crippen LogP contribution is -2.34. The van der Waals surface area contributed by atoms with E-state index >= 15 is 0 Å². The van der Waals surface area contributed by atoms with Crippen molar-refractivity contribution in [2.24, 2.45) is 10.2 Å². The van der Waals surface area contributed by atoms with Gasteiger partial charge in [-0.15, -0.1) is 10.2 Å². The summed E-state index contributed by atoms with van der Waals surface area (Å²) in [5, 5.41) is 18.2. The van der Waals surface area contributed by atoms with Crippen LogP contribution in [0, 0.1) is 0 Å². The van der Waals surface area contributed by atoms with Gasteiger partial charge in [-0.1, -0.05) is 39.1 Å². The molecule has 12 heteroatoms. The van der Waals surface area contributed by atoms with Gasteiger partial charge in [-0.25, -0.2) is 8.42 Å². The van der Waals surface area contributed by atoms with E-state index in [0.29, 0.717) is 10.9 Å². The van der Waals surface area contributed by atoms with Crippen molar-refractivity contribution in [2.45, 2.75) is 0 Å². The molecule has 3 aromatic rings. The Hall–Kier alpha value is -2.14. The molecule has 2 N–H and O–H groups in total. The van der Waals surface area contributed by atoms with Crippen LogP contribution in [-0.2, 0) is 14.8 Å². The highest BCUT2D eigenvalue weighted by molar-refractivity contribution is 9.10. The fraction of sp³-hybridized carbons (Fsp3) is 0.118. The van der Waals surface area contributed by atoms with Crippen molar-refractivity contribution in [2.75, 3.05) is 17.1 Å². The number of anilines is 1. The fourth-order valence-corrected chi connectivity index (χ4v) is 4.21. The zero-order valence-electron chi connectivity index (χ0n) is 14.7. The number of hydrogen-bond donors (Lipinski definition) is 2. The number of nitrogens with one attached hydrogen (secondary N) is 1. The summed E-state index contributed by atoms with van der Waals surface area (Å²) >= 11 is 15.3. The maximum absolute atomic E-state index is 12.3. The van der Waals surface area contributed by atoms with Crippen LogP contribution in [0.1, 0.15) is 0 Å². The van der Waals surface area contributed by atoms with Crippen LogP contribution >= 0.6 is 39.1 Å². The van der Waals surface area contributed by atoms with Crippen LogP contribution in [0.2, 0.25) is 10.0 Å². The van der Waals surface area contributed by atoms with Crippen LogP contribution in [0.15, 0.2) is 51.1 Å². The summed E-state index contributed by atoms with van der Waals surface area (Å²) in [6, 6.07) is 9.42. The second kappa shape index (κ2) is 8.31. The van der Waals surface area contributed by atoms with Gasteiger partial charge in [0.2, 0.25) is 15.9 Å². The van der Waals surface area contributed by atoms with E-state index in [1.165, 1.54) is 18.2 Å². The van der Waals surface area contributed by atoms with Gasteiger partial charge in [0.15, 0.2) is 5.69 Å². The number of fused-ring (bicyclic) bond motifs is 1. The first-order chi connectivity index (χ1) is 13.6. The van der Waals surface area contributed by atoms with E-state index in [1.807, 2.05) is 0 Å². The Morgan fingerprint density at radius 3 is 2.66 bits per heavy atom. The lowest BCUT2D eigenvalue weighted by atomic mass is 10.2. The van der Waals surface area contributed by atoms with Crippen LogP contribution in [0.3, 0.4) is 0 Å². The van der Waals surface area contributed by atoms with Crippen molar-refractivity contribution < 1.29 is 18.3 Å². The molecule has 0 atom stereocenters. The summed E-state index contributed by atoms with van der Waals surface area (Å²) in [5.74, 6) is -1.14. The Kier molecular flexibility index (Phi) is 6.18. The highest BCUT2D eigenvalue weighted by Crippen LogP contribution is 2.37. The van der Waals surface area contributed by atoms with Crippen molar-refractivity contribution in [3.05, 3.63) is 50.9 Å². The lowest BCUT2D eigenvalue weighted by molar-refractivity contribution is -0.116. The number of hydrogen-bond acceptors (Lipinski definition) is 5. The zero-order valence-corrected chi connectivity index (χ0v) is 18.6. The molecule has 0 radical (unpaired) electrons. The maximum Gasteiger partial charge on any atom is 0.285 e. The van der Waals surface area contributed by atoms with Gasteiger partial charge in [0.05, 0.1) is 22.5 Å². The number of rotatable bonds is 5. The number of sulfonamides is 1. The normalized spacial score (nSPS) is 12.0. The number of carbonyl (C=O) groups is 1. The number of aromatic amines is 1. The number of H-pyrrole nitrogens is 1. The van der Waals surface area contributed by atoms with E-state index in [4.69, 9.17) is 23.2 Å². The minimum atomic E-state index is -3.87. The third-order valence-electron chi connectivity index (χ3n) is 3.83. The molecule has 0 saturated heterocycles. The van der Waals surface area contributed by atoms with Gasteiger partial charge in [-0.05, 0) is 36.4 Å². The van der Waals surface area contributed by atoms with Crippen LogP contribution in [0.5, 0.6) is 5.88 Å². The van der Waals surface area contributed by atoms with Gasteiger partial charge in [0.1, 0.15) is 6.54 Å². The second-order valence-corrected chi connectivity index (χ2v) is 9.64. The summed E-state index contributed by atoms with van der Waals surface area (Å²) < 4.78 is 25.9. The van der Waals surface area contributed by atoms with Gasteiger partial charge >= 0.3 is 0 Å². The molecule has 0 fully saturated rings. The highest BCUT2D eigenvalue weighted by Gasteiger charge is 2.23. The molecule has 0 saturated carbocycles. The first-order valence-electron chi connectivity index (χ1n) is 7.94. The number of aromatic nitrogens is 1.